The molecule has 29 heavy (non-hydrogen) atoms. The molecule has 0 radical (unpaired) electrons. The van der Waals surface area contributed by atoms with Crippen LogP contribution >= 0.6 is 0 Å². The van der Waals surface area contributed by atoms with Gasteiger partial charge in [-0.1, -0.05) is 0 Å². The number of rotatable bonds is 7. The number of nitrogens with one attached hydrogen (secondary N) is 1. The van der Waals surface area contributed by atoms with Gasteiger partial charge in [0.1, 0.15) is 18.0 Å². The lowest BCUT2D eigenvalue weighted by atomic mass is 10.2. The van der Waals surface area contributed by atoms with Gasteiger partial charge in [-0.15, -0.1) is 0 Å². The SMILES string of the molecule is COc1ccc(OC)c(NC(=O)Cn2cc(S(=O)(=O)N3CCCC3)ccc2=O)c1. The summed E-state index contributed by atoms with van der Waals surface area (Å²) in [5, 5.41) is 2.66. The van der Waals surface area contributed by atoms with Crippen LogP contribution in [0.5, 0.6) is 11.5 Å². The number of anilines is 1. The summed E-state index contributed by atoms with van der Waals surface area (Å²) in [6.07, 6.45) is 2.83. The number of aromatic nitrogens is 1. The van der Waals surface area contributed by atoms with Crippen LogP contribution in [0.3, 0.4) is 0 Å². The Balaban J connectivity index is 1.81. The number of pyridine rings is 1. The van der Waals surface area contributed by atoms with E-state index in [0.29, 0.717) is 30.3 Å². The first-order valence-corrected chi connectivity index (χ1v) is 10.5. The Bertz CT molecular complexity index is 1060. The van der Waals surface area contributed by atoms with Gasteiger partial charge in [0.25, 0.3) is 5.56 Å². The van der Waals surface area contributed by atoms with E-state index in [-0.39, 0.29) is 11.4 Å². The minimum Gasteiger partial charge on any atom is -0.497 e. The average molecular weight is 421 g/mol. The number of sulfonamides is 1. The predicted octanol–water partition coefficient (Wildman–Crippen LogP) is 1.29. The van der Waals surface area contributed by atoms with Crippen molar-refractivity contribution in [1.82, 2.24) is 8.87 Å². The Kier molecular flexibility index (Phi) is 6.23. The number of ether oxygens (including phenoxy) is 2. The first-order valence-electron chi connectivity index (χ1n) is 9.07. The van der Waals surface area contributed by atoms with Gasteiger partial charge in [0.05, 0.1) is 24.8 Å². The summed E-state index contributed by atoms with van der Waals surface area (Å²) in [6, 6.07) is 7.35. The Morgan fingerprint density at radius 3 is 2.48 bits per heavy atom. The minimum atomic E-state index is -3.69. The highest BCUT2D eigenvalue weighted by Gasteiger charge is 2.27. The van der Waals surface area contributed by atoms with Gasteiger partial charge in [0.15, 0.2) is 0 Å². The van der Waals surface area contributed by atoms with Crippen molar-refractivity contribution >= 4 is 21.6 Å². The molecule has 0 spiro atoms. The molecule has 3 rings (SSSR count). The maximum Gasteiger partial charge on any atom is 0.251 e. The second-order valence-corrected chi connectivity index (χ2v) is 8.49. The Hall–Kier alpha value is -2.85. The van der Waals surface area contributed by atoms with Crippen molar-refractivity contribution in [2.45, 2.75) is 24.3 Å². The van der Waals surface area contributed by atoms with Crippen LogP contribution in [0.4, 0.5) is 5.69 Å². The van der Waals surface area contributed by atoms with Crippen molar-refractivity contribution < 1.29 is 22.7 Å². The summed E-state index contributed by atoms with van der Waals surface area (Å²) >= 11 is 0. The molecule has 1 amide bonds. The fourth-order valence-electron chi connectivity index (χ4n) is 3.12. The van der Waals surface area contributed by atoms with E-state index in [1.807, 2.05) is 0 Å². The predicted molar refractivity (Wildman–Crippen MR) is 107 cm³/mol. The quantitative estimate of drug-likeness (QED) is 0.722. The van der Waals surface area contributed by atoms with E-state index >= 15 is 0 Å². The third-order valence-corrected chi connectivity index (χ3v) is 6.54. The molecule has 1 aliphatic heterocycles. The Morgan fingerprint density at radius 2 is 1.83 bits per heavy atom. The van der Waals surface area contributed by atoms with Crippen LogP contribution in [-0.2, 0) is 21.4 Å². The molecule has 1 N–H and O–H groups in total. The highest BCUT2D eigenvalue weighted by atomic mass is 32.2. The molecule has 0 aliphatic carbocycles. The molecule has 1 fully saturated rings. The maximum absolute atomic E-state index is 12.7. The number of hydrogen-bond acceptors (Lipinski definition) is 6. The molecule has 156 valence electrons. The number of nitrogens with zero attached hydrogens (tertiary/aromatic N) is 2. The molecule has 0 bridgehead atoms. The normalized spacial score (nSPS) is 14.6. The van der Waals surface area contributed by atoms with Crippen LogP contribution in [-0.4, -0.2) is 50.5 Å². The molecular weight excluding hydrogens is 398 g/mol. The lowest BCUT2D eigenvalue weighted by molar-refractivity contribution is -0.116. The zero-order valence-electron chi connectivity index (χ0n) is 16.3. The van der Waals surface area contributed by atoms with Crippen LogP contribution in [0.25, 0.3) is 0 Å². The Morgan fingerprint density at radius 1 is 1.10 bits per heavy atom. The smallest absolute Gasteiger partial charge is 0.251 e. The second kappa shape index (κ2) is 8.66. The van der Waals surface area contributed by atoms with Crippen molar-refractivity contribution in [2.24, 2.45) is 0 Å². The van der Waals surface area contributed by atoms with E-state index in [0.717, 1.165) is 23.5 Å². The van der Waals surface area contributed by atoms with E-state index in [4.69, 9.17) is 9.47 Å². The highest BCUT2D eigenvalue weighted by Crippen LogP contribution is 2.28. The lowest BCUT2D eigenvalue weighted by Crippen LogP contribution is -2.31. The molecule has 2 aromatic rings. The topological polar surface area (TPSA) is 107 Å². The van der Waals surface area contributed by atoms with E-state index < -0.39 is 21.5 Å². The Labute approximate surface area is 168 Å². The molecule has 0 unspecified atom stereocenters. The van der Waals surface area contributed by atoms with Crippen LogP contribution in [0.15, 0.2) is 46.2 Å². The zero-order chi connectivity index (χ0) is 21.0. The molecule has 1 aliphatic rings. The maximum atomic E-state index is 12.7. The van der Waals surface area contributed by atoms with Crippen molar-refractivity contribution in [2.75, 3.05) is 32.6 Å². The van der Waals surface area contributed by atoms with Gasteiger partial charge in [-0.25, -0.2) is 8.42 Å². The lowest BCUT2D eigenvalue weighted by Gasteiger charge is -2.16. The number of benzene rings is 1. The molecular formula is C19H23N3O6S. The van der Waals surface area contributed by atoms with Gasteiger partial charge in [0.2, 0.25) is 15.9 Å². The molecule has 0 atom stereocenters. The molecule has 9 nitrogen and oxygen atoms in total. The number of carbonyl (C=O) groups is 1. The van der Waals surface area contributed by atoms with Gasteiger partial charge in [-0.05, 0) is 31.0 Å². The number of amides is 1. The van der Waals surface area contributed by atoms with Gasteiger partial charge in [-0.2, -0.15) is 4.31 Å². The molecule has 1 saturated heterocycles. The third kappa shape index (κ3) is 4.60. The number of methoxy groups -OCH3 is 2. The van der Waals surface area contributed by atoms with Crippen molar-refractivity contribution in [3.05, 3.63) is 46.9 Å². The van der Waals surface area contributed by atoms with Crippen LogP contribution < -0.4 is 20.3 Å². The van der Waals surface area contributed by atoms with Crippen molar-refractivity contribution in [3.63, 3.8) is 0 Å². The summed E-state index contributed by atoms with van der Waals surface area (Å²) in [6.45, 7) is 0.567. The van der Waals surface area contributed by atoms with Crippen LogP contribution in [0, 0.1) is 0 Å². The summed E-state index contributed by atoms with van der Waals surface area (Å²) in [5.74, 6) is 0.447. The largest absolute Gasteiger partial charge is 0.497 e. The van der Waals surface area contributed by atoms with Gasteiger partial charge in [-0.3, -0.25) is 9.59 Å². The van der Waals surface area contributed by atoms with Gasteiger partial charge >= 0.3 is 0 Å². The van der Waals surface area contributed by atoms with Gasteiger partial charge in [0, 0.05) is 31.4 Å². The summed E-state index contributed by atoms with van der Waals surface area (Å²) < 4.78 is 38.2. The van der Waals surface area contributed by atoms with Crippen LogP contribution in [0.2, 0.25) is 0 Å². The molecule has 1 aromatic heterocycles. The van der Waals surface area contributed by atoms with E-state index in [9.17, 15) is 18.0 Å². The molecule has 1 aromatic carbocycles. The van der Waals surface area contributed by atoms with E-state index in [1.54, 1.807) is 18.2 Å². The average Bonchev–Trinajstić information content (AvgIpc) is 3.25. The third-order valence-electron chi connectivity index (χ3n) is 4.65. The fraction of sp³-hybridized carbons (Fsp3) is 0.368. The second-order valence-electron chi connectivity index (χ2n) is 6.56. The summed E-state index contributed by atoms with van der Waals surface area (Å²) in [5.41, 5.74) is -0.0936. The van der Waals surface area contributed by atoms with Gasteiger partial charge < -0.3 is 19.4 Å². The fourth-order valence-corrected chi connectivity index (χ4v) is 4.66. The van der Waals surface area contributed by atoms with E-state index in [2.05, 4.69) is 5.32 Å². The highest BCUT2D eigenvalue weighted by molar-refractivity contribution is 7.89. The molecule has 10 heteroatoms. The van der Waals surface area contributed by atoms with Crippen LogP contribution in [0.1, 0.15) is 12.8 Å². The number of hydrogen-bond donors (Lipinski definition) is 1. The van der Waals surface area contributed by atoms with E-state index in [1.165, 1.54) is 30.8 Å². The monoisotopic (exact) mass is 421 g/mol. The first kappa shape index (κ1) is 20.9. The summed E-state index contributed by atoms with van der Waals surface area (Å²) in [7, 11) is -0.721. The molecule has 2 heterocycles. The number of carbonyl (C=O) groups excluding carboxylic acids is 1. The zero-order valence-corrected chi connectivity index (χ0v) is 17.1. The van der Waals surface area contributed by atoms with Crippen molar-refractivity contribution in [1.29, 1.82) is 0 Å². The minimum absolute atomic E-state index is 0.00855. The standard InChI is InChI=1S/C19H23N3O6S/c1-27-14-5-7-17(28-2)16(11-14)20-18(23)13-21-12-15(6-8-19(21)24)29(25,26)22-9-3-4-10-22/h5-8,11-12H,3-4,9-10,13H2,1-2H3,(H,20,23). The first-order chi connectivity index (χ1) is 13.8. The van der Waals surface area contributed by atoms with Crippen molar-refractivity contribution in [3.8, 4) is 11.5 Å². The molecule has 0 saturated carbocycles. The summed E-state index contributed by atoms with van der Waals surface area (Å²) in [4.78, 5) is 24.6.